The van der Waals surface area contributed by atoms with Crippen LogP contribution in [0.25, 0.3) is 139 Å². The Morgan fingerprint density at radius 3 is 1.22 bits per heavy atom. The number of nitrogens with zero attached hydrogens (tertiary/aromatic N) is 3. The summed E-state index contributed by atoms with van der Waals surface area (Å²) in [4.78, 5) is 16.3. The predicted molar refractivity (Wildman–Crippen MR) is 258 cm³/mol. The Balaban J connectivity index is 1.13. The molecule has 5 heteroatoms. The molecule has 0 radical (unpaired) electrons. The van der Waals surface area contributed by atoms with E-state index in [2.05, 4.69) is 176 Å². The molecule has 0 bridgehead atoms. The predicted octanol–water partition coefficient (Wildman–Crippen LogP) is 16.0. The molecule has 0 fully saturated rings. The molecule has 0 spiro atoms. The van der Waals surface area contributed by atoms with Crippen molar-refractivity contribution < 1.29 is 0 Å². The third-order valence-electron chi connectivity index (χ3n) is 12.6. The van der Waals surface area contributed by atoms with Gasteiger partial charge in [-0.3, -0.25) is 0 Å². The molecule has 0 atom stereocenters. The van der Waals surface area contributed by atoms with E-state index in [9.17, 15) is 0 Å². The van der Waals surface area contributed by atoms with Crippen LogP contribution in [-0.4, -0.2) is 15.0 Å². The summed E-state index contributed by atoms with van der Waals surface area (Å²) in [5, 5.41) is 19.9. The van der Waals surface area contributed by atoms with Crippen molar-refractivity contribution in [1.29, 1.82) is 0 Å². The van der Waals surface area contributed by atoms with E-state index in [1.165, 1.54) is 99.6 Å². The molecule has 14 rings (SSSR count). The Kier molecular flexibility index (Phi) is 6.59. The topological polar surface area (TPSA) is 38.7 Å². The van der Waals surface area contributed by atoms with Crippen LogP contribution in [0.4, 0.5) is 0 Å². The van der Waals surface area contributed by atoms with Gasteiger partial charge >= 0.3 is 0 Å². The van der Waals surface area contributed by atoms with Crippen LogP contribution >= 0.6 is 22.7 Å². The molecule has 60 heavy (non-hydrogen) atoms. The second-order valence-electron chi connectivity index (χ2n) is 15.8. The van der Waals surface area contributed by atoms with Gasteiger partial charge in [-0.25, -0.2) is 15.0 Å². The van der Waals surface area contributed by atoms with Crippen molar-refractivity contribution in [1.82, 2.24) is 15.0 Å². The van der Waals surface area contributed by atoms with Gasteiger partial charge in [-0.1, -0.05) is 140 Å². The van der Waals surface area contributed by atoms with Gasteiger partial charge in [0.1, 0.15) is 0 Å². The van der Waals surface area contributed by atoms with Crippen molar-refractivity contribution >= 4 is 128 Å². The van der Waals surface area contributed by atoms with Crippen molar-refractivity contribution in [3.8, 4) is 34.2 Å². The molecule has 0 aliphatic heterocycles. The minimum Gasteiger partial charge on any atom is -0.208 e. The van der Waals surface area contributed by atoms with Gasteiger partial charge < -0.3 is 0 Å². The molecule has 3 aromatic heterocycles. The van der Waals surface area contributed by atoms with Gasteiger partial charge in [-0.2, -0.15) is 0 Å². The highest BCUT2D eigenvalue weighted by Gasteiger charge is 2.21. The lowest BCUT2D eigenvalue weighted by atomic mass is 9.87. The van der Waals surface area contributed by atoms with Gasteiger partial charge in [0.25, 0.3) is 0 Å². The quantitative estimate of drug-likeness (QED) is 0.167. The van der Waals surface area contributed by atoms with Crippen LogP contribution < -0.4 is 0 Å². The second-order valence-corrected chi connectivity index (χ2v) is 17.9. The number of rotatable bonds is 3. The SMILES string of the molecule is c1ccc2c(c1)sc1c(-c3nc(-c4cc5ccc6cccc7c8cccc9ccc%10cccc(c(c4)c5c67)c%10c98)nc(-c4cccc5c4sc4ccccc45)n3)cccc12. The van der Waals surface area contributed by atoms with E-state index in [0.717, 1.165) is 22.1 Å². The first-order valence-corrected chi connectivity index (χ1v) is 21.9. The first-order chi connectivity index (χ1) is 29.7. The van der Waals surface area contributed by atoms with Crippen LogP contribution in [0.5, 0.6) is 0 Å². The lowest BCUT2D eigenvalue weighted by Crippen LogP contribution is -2.00. The van der Waals surface area contributed by atoms with Gasteiger partial charge in [0, 0.05) is 57.0 Å². The highest BCUT2D eigenvalue weighted by atomic mass is 32.1. The molecular formula is C55H29N3S2. The van der Waals surface area contributed by atoms with Gasteiger partial charge in [-0.15, -0.1) is 22.7 Å². The van der Waals surface area contributed by atoms with Crippen molar-refractivity contribution in [2.45, 2.75) is 0 Å². The normalized spacial score (nSPS) is 12.3. The molecule has 0 saturated heterocycles. The zero-order valence-electron chi connectivity index (χ0n) is 31.9. The Bertz CT molecular complexity index is 4000. The minimum absolute atomic E-state index is 0.658. The zero-order valence-corrected chi connectivity index (χ0v) is 33.5. The number of fused-ring (bicyclic) bond motifs is 8. The molecule has 0 amide bonds. The number of benzene rings is 10. The fourth-order valence-electron chi connectivity index (χ4n) is 10.0. The summed E-state index contributed by atoms with van der Waals surface area (Å²) in [6, 6.07) is 64.4. The van der Waals surface area contributed by atoms with Crippen LogP contribution in [0.15, 0.2) is 176 Å². The summed E-state index contributed by atoms with van der Waals surface area (Å²) in [5.74, 6) is 2.01. The first kappa shape index (κ1) is 32.6. The van der Waals surface area contributed by atoms with E-state index in [1.807, 2.05) is 0 Å². The molecular weight excluding hydrogens is 767 g/mol. The van der Waals surface area contributed by atoms with Gasteiger partial charge in [0.15, 0.2) is 17.5 Å². The van der Waals surface area contributed by atoms with Crippen molar-refractivity contribution in [2.24, 2.45) is 0 Å². The average molecular weight is 796 g/mol. The van der Waals surface area contributed by atoms with Gasteiger partial charge in [-0.05, 0) is 101 Å². The van der Waals surface area contributed by atoms with E-state index < -0.39 is 0 Å². The number of hydrogen-bond donors (Lipinski definition) is 0. The summed E-state index contributed by atoms with van der Waals surface area (Å²) in [6.07, 6.45) is 0. The maximum atomic E-state index is 5.46. The molecule has 3 nitrogen and oxygen atoms in total. The van der Waals surface area contributed by atoms with Crippen molar-refractivity contribution in [2.75, 3.05) is 0 Å². The maximum absolute atomic E-state index is 5.46. The monoisotopic (exact) mass is 795 g/mol. The third kappa shape index (κ3) is 4.50. The van der Waals surface area contributed by atoms with Gasteiger partial charge in [0.2, 0.25) is 0 Å². The molecule has 0 saturated carbocycles. The molecule has 3 heterocycles. The summed E-state index contributed by atoms with van der Waals surface area (Å²) in [6.45, 7) is 0. The molecule has 11 aromatic carbocycles. The van der Waals surface area contributed by atoms with Crippen LogP contribution in [-0.2, 0) is 0 Å². The minimum atomic E-state index is 0.658. The Hall–Kier alpha value is -7.31. The van der Waals surface area contributed by atoms with Crippen molar-refractivity contribution in [3.05, 3.63) is 176 Å². The number of aromatic nitrogens is 3. The van der Waals surface area contributed by atoms with Crippen LogP contribution in [0.1, 0.15) is 0 Å². The first-order valence-electron chi connectivity index (χ1n) is 20.3. The fraction of sp³-hybridized carbons (Fsp3) is 0. The van der Waals surface area contributed by atoms with E-state index >= 15 is 0 Å². The standard InChI is InChI=1S/C55H29N3S2/c1-3-22-45-35(13-1)40-18-8-20-42(51(40)59-45)54-56-53(57-55(58-54)43-21-9-19-41-36-14-2-4-23-46(36)60-52(41)43)34-28-33-27-26-32-11-6-16-38-37-15-5-10-30-24-25-31-12-7-17-39(49(31)47(30)37)44(29-34)50(33)48(32)38/h1-29H. The molecule has 0 unspecified atom stereocenters. The summed E-state index contributed by atoms with van der Waals surface area (Å²) in [7, 11) is 0. The lowest BCUT2D eigenvalue weighted by Gasteiger charge is -2.17. The van der Waals surface area contributed by atoms with Crippen LogP contribution in [0.2, 0.25) is 0 Å². The van der Waals surface area contributed by atoms with E-state index in [0.29, 0.717) is 17.5 Å². The Morgan fingerprint density at radius 1 is 0.283 bits per heavy atom. The molecule has 0 N–H and O–H groups in total. The Morgan fingerprint density at radius 2 is 0.683 bits per heavy atom. The molecule has 276 valence electrons. The smallest absolute Gasteiger partial charge is 0.165 e. The Labute approximate surface area is 350 Å². The highest BCUT2D eigenvalue weighted by molar-refractivity contribution is 7.26. The zero-order chi connectivity index (χ0) is 39.1. The van der Waals surface area contributed by atoms with Gasteiger partial charge in [0.05, 0.1) is 0 Å². The number of thiophene rings is 2. The van der Waals surface area contributed by atoms with Crippen LogP contribution in [0, 0.1) is 0 Å². The maximum Gasteiger partial charge on any atom is 0.165 e. The van der Waals surface area contributed by atoms with E-state index in [4.69, 9.17) is 15.0 Å². The third-order valence-corrected chi connectivity index (χ3v) is 15.0. The average Bonchev–Trinajstić information content (AvgIpc) is 3.89. The fourth-order valence-corrected chi connectivity index (χ4v) is 12.4. The summed E-state index contributed by atoms with van der Waals surface area (Å²) >= 11 is 3.61. The number of hydrogen-bond acceptors (Lipinski definition) is 5. The lowest BCUT2D eigenvalue weighted by molar-refractivity contribution is 1.08. The van der Waals surface area contributed by atoms with E-state index in [1.54, 1.807) is 22.7 Å². The summed E-state index contributed by atoms with van der Waals surface area (Å²) in [5.41, 5.74) is 2.99. The van der Waals surface area contributed by atoms with E-state index in [-0.39, 0.29) is 0 Å². The molecule has 0 aliphatic rings. The van der Waals surface area contributed by atoms with Crippen LogP contribution in [0.3, 0.4) is 0 Å². The summed E-state index contributed by atoms with van der Waals surface area (Å²) < 4.78 is 4.87. The highest BCUT2D eigenvalue weighted by Crippen LogP contribution is 2.46. The molecule has 0 aliphatic carbocycles. The van der Waals surface area contributed by atoms with Crippen molar-refractivity contribution in [3.63, 3.8) is 0 Å². The second kappa shape index (κ2) is 12.1. The largest absolute Gasteiger partial charge is 0.208 e. The molecule has 14 aromatic rings.